The van der Waals surface area contributed by atoms with Gasteiger partial charge < -0.3 is 15.5 Å². The number of fused-ring (bicyclic) bond motifs is 1. The van der Waals surface area contributed by atoms with E-state index in [1.165, 1.54) is 0 Å². The number of aryl methyl sites for hydroxylation is 1. The number of nitrogens with one attached hydrogen (secondary N) is 2. The number of piperazine rings is 1. The molecule has 8 heteroatoms. The molecule has 2 N–H and O–H groups in total. The predicted molar refractivity (Wildman–Crippen MR) is 106 cm³/mol. The van der Waals surface area contributed by atoms with Gasteiger partial charge in [-0.25, -0.2) is 15.0 Å². The van der Waals surface area contributed by atoms with E-state index in [0.29, 0.717) is 0 Å². The lowest BCUT2D eigenvalue weighted by Crippen LogP contribution is -2.44. The molecule has 134 valence electrons. The first-order valence-corrected chi connectivity index (χ1v) is 9.84. The van der Waals surface area contributed by atoms with Crippen LogP contribution in [-0.2, 0) is 0 Å². The van der Waals surface area contributed by atoms with Crippen molar-refractivity contribution in [2.75, 3.05) is 42.7 Å². The van der Waals surface area contributed by atoms with Gasteiger partial charge in [0.2, 0.25) is 5.95 Å². The van der Waals surface area contributed by atoms with Gasteiger partial charge in [-0.15, -0.1) is 11.8 Å². The summed E-state index contributed by atoms with van der Waals surface area (Å²) >= 11 is 1.57. The van der Waals surface area contributed by atoms with Crippen molar-refractivity contribution in [3.05, 3.63) is 36.2 Å². The zero-order chi connectivity index (χ0) is 17.9. The van der Waals surface area contributed by atoms with E-state index in [0.717, 1.165) is 65.3 Å². The minimum Gasteiger partial charge on any atom is -0.338 e. The molecule has 0 radical (unpaired) electrons. The van der Waals surface area contributed by atoms with Crippen molar-refractivity contribution in [3.8, 4) is 0 Å². The summed E-state index contributed by atoms with van der Waals surface area (Å²) in [6.45, 7) is 5.71. The molecule has 7 nitrogen and oxygen atoms in total. The molecule has 3 heterocycles. The molecular weight excluding hydrogens is 346 g/mol. The van der Waals surface area contributed by atoms with Crippen LogP contribution >= 0.6 is 11.8 Å². The van der Waals surface area contributed by atoms with E-state index in [9.17, 15) is 0 Å². The molecule has 1 saturated heterocycles. The molecule has 0 spiro atoms. The van der Waals surface area contributed by atoms with E-state index in [-0.39, 0.29) is 0 Å². The Labute approximate surface area is 156 Å². The molecule has 2 aromatic heterocycles. The summed E-state index contributed by atoms with van der Waals surface area (Å²) < 4.78 is 0. The molecule has 0 aliphatic carbocycles. The van der Waals surface area contributed by atoms with Crippen LogP contribution in [-0.4, -0.2) is 52.4 Å². The Morgan fingerprint density at radius 2 is 1.88 bits per heavy atom. The Bertz CT molecular complexity index is 925. The minimum absolute atomic E-state index is 0.718. The smallest absolute Gasteiger partial charge is 0.228 e. The quantitative estimate of drug-likeness (QED) is 0.538. The normalized spacial score (nSPS) is 14.6. The first kappa shape index (κ1) is 17.0. The van der Waals surface area contributed by atoms with Crippen LogP contribution in [0.3, 0.4) is 0 Å². The average molecular weight is 367 g/mol. The van der Waals surface area contributed by atoms with Gasteiger partial charge in [-0.05, 0) is 24.8 Å². The number of rotatable bonds is 4. The first-order chi connectivity index (χ1) is 12.8. The molecular formula is C18H21N7S. The van der Waals surface area contributed by atoms with Gasteiger partial charge in [0.05, 0.1) is 0 Å². The number of thioether (sulfide) groups is 1. The van der Waals surface area contributed by atoms with Crippen molar-refractivity contribution in [3.63, 3.8) is 0 Å². The van der Waals surface area contributed by atoms with Gasteiger partial charge in [0.25, 0.3) is 0 Å². The lowest BCUT2D eigenvalue weighted by atomic mass is 10.2. The van der Waals surface area contributed by atoms with Crippen LogP contribution in [0, 0.1) is 6.92 Å². The van der Waals surface area contributed by atoms with Gasteiger partial charge in [-0.3, -0.25) is 0 Å². The Hall–Kier alpha value is -2.45. The Balaban J connectivity index is 1.85. The second kappa shape index (κ2) is 7.43. The molecule has 0 unspecified atom stereocenters. The highest BCUT2D eigenvalue weighted by Gasteiger charge is 2.19. The van der Waals surface area contributed by atoms with Crippen molar-refractivity contribution >= 4 is 40.2 Å². The molecule has 1 aliphatic heterocycles. The Morgan fingerprint density at radius 1 is 1.08 bits per heavy atom. The third kappa shape index (κ3) is 3.30. The maximum atomic E-state index is 4.81. The molecule has 1 aliphatic rings. The summed E-state index contributed by atoms with van der Waals surface area (Å²) in [5, 5.41) is 7.68. The maximum Gasteiger partial charge on any atom is 0.228 e. The number of aromatic nitrogens is 4. The van der Waals surface area contributed by atoms with Crippen LogP contribution in [0.5, 0.6) is 0 Å². The predicted octanol–water partition coefficient (Wildman–Crippen LogP) is 2.60. The maximum absolute atomic E-state index is 4.81. The van der Waals surface area contributed by atoms with Crippen LogP contribution in [0.2, 0.25) is 0 Å². The average Bonchev–Trinajstić information content (AvgIpc) is 2.70. The van der Waals surface area contributed by atoms with Crippen LogP contribution < -0.4 is 15.5 Å². The zero-order valence-corrected chi connectivity index (χ0v) is 15.7. The van der Waals surface area contributed by atoms with E-state index in [2.05, 4.69) is 38.5 Å². The van der Waals surface area contributed by atoms with E-state index >= 15 is 0 Å². The summed E-state index contributed by atoms with van der Waals surface area (Å²) in [7, 11) is 0. The largest absolute Gasteiger partial charge is 0.338 e. The monoisotopic (exact) mass is 367 g/mol. The number of hydrogen-bond donors (Lipinski definition) is 2. The van der Waals surface area contributed by atoms with Crippen molar-refractivity contribution in [1.29, 1.82) is 0 Å². The zero-order valence-electron chi connectivity index (χ0n) is 14.9. The van der Waals surface area contributed by atoms with Crippen LogP contribution in [0.4, 0.5) is 17.5 Å². The summed E-state index contributed by atoms with van der Waals surface area (Å²) in [6.07, 6.45) is 3.58. The van der Waals surface area contributed by atoms with Crippen LogP contribution in [0.1, 0.15) is 5.56 Å². The van der Waals surface area contributed by atoms with Crippen molar-refractivity contribution in [1.82, 2.24) is 25.3 Å². The fraction of sp³-hybridized carbons (Fsp3) is 0.333. The van der Waals surface area contributed by atoms with E-state index < -0.39 is 0 Å². The number of anilines is 3. The molecule has 1 fully saturated rings. The lowest BCUT2D eigenvalue weighted by Gasteiger charge is -2.28. The third-order valence-electron chi connectivity index (χ3n) is 4.43. The second-order valence-electron chi connectivity index (χ2n) is 6.13. The van der Waals surface area contributed by atoms with Gasteiger partial charge >= 0.3 is 0 Å². The molecule has 0 amide bonds. The van der Waals surface area contributed by atoms with E-state index in [4.69, 9.17) is 9.97 Å². The van der Waals surface area contributed by atoms with Gasteiger partial charge in [-0.1, -0.05) is 18.2 Å². The lowest BCUT2D eigenvalue weighted by molar-refractivity contribution is 0.580. The summed E-state index contributed by atoms with van der Waals surface area (Å²) in [6, 6.07) is 8.16. The topological polar surface area (TPSA) is 78.9 Å². The van der Waals surface area contributed by atoms with Crippen LogP contribution in [0.15, 0.2) is 35.6 Å². The number of para-hydroxylation sites is 1. The van der Waals surface area contributed by atoms with Crippen molar-refractivity contribution < 1.29 is 0 Å². The number of hydrogen-bond acceptors (Lipinski definition) is 8. The summed E-state index contributed by atoms with van der Waals surface area (Å²) in [5.41, 5.74) is 3.70. The van der Waals surface area contributed by atoms with Crippen molar-refractivity contribution in [2.24, 2.45) is 0 Å². The molecule has 0 bridgehead atoms. The van der Waals surface area contributed by atoms with Gasteiger partial charge in [0, 0.05) is 31.9 Å². The summed E-state index contributed by atoms with van der Waals surface area (Å²) in [5.74, 6) is 1.44. The fourth-order valence-corrected chi connectivity index (χ4v) is 3.49. The second-order valence-corrected chi connectivity index (χ2v) is 6.92. The molecule has 4 rings (SSSR count). The highest BCUT2D eigenvalue weighted by Crippen LogP contribution is 2.30. The third-order valence-corrected chi connectivity index (χ3v) is 5.11. The summed E-state index contributed by atoms with van der Waals surface area (Å²) in [4.78, 5) is 20.7. The van der Waals surface area contributed by atoms with Gasteiger partial charge in [-0.2, -0.15) is 4.98 Å². The highest BCUT2D eigenvalue weighted by atomic mass is 32.2. The van der Waals surface area contributed by atoms with Gasteiger partial charge in [0.1, 0.15) is 22.4 Å². The van der Waals surface area contributed by atoms with E-state index in [1.807, 2.05) is 24.5 Å². The first-order valence-electron chi connectivity index (χ1n) is 8.61. The van der Waals surface area contributed by atoms with Crippen molar-refractivity contribution in [2.45, 2.75) is 11.9 Å². The highest BCUT2D eigenvalue weighted by molar-refractivity contribution is 7.98. The molecule has 26 heavy (non-hydrogen) atoms. The molecule has 3 aromatic rings. The molecule has 1 aromatic carbocycles. The van der Waals surface area contributed by atoms with E-state index in [1.54, 1.807) is 18.1 Å². The Morgan fingerprint density at radius 3 is 2.65 bits per heavy atom. The fourth-order valence-electron chi connectivity index (χ4n) is 3.00. The molecule has 0 atom stereocenters. The minimum atomic E-state index is 0.718. The number of nitrogens with zero attached hydrogens (tertiary/aromatic N) is 5. The van der Waals surface area contributed by atoms with Crippen LogP contribution in [0.25, 0.3) is 11.0 Å². The molecule has 0 saturated carbocycles. The number of benzene rings is 1. The standard InChI is InChI=1S/C18H21N7S/c1-12-5-3-4-6-13(12)22-16-14-15(17(26-2)21-11-20-14)23-18(24-16)25-9-7-19-8-10-25/h3-6,11,19H,7-10H2,1-2H3,(H,22,23,24). The SMILES string of the molecule is CSc1ncnc2c(Nc3ccccc3C)nc(N3CCNCC3)nc12. The Kier molecular flexibility index (Phi) is 4.85. The van der Waals surface area contributed by atoms with Gasteiger partial charge in [0.15, 0.2) is 5.82 Å².